The van der Waals surface area contributed by atoms with Gasteiger partial charge in [0.25, 0.3) is 0 Å². The lowest BCUT2D eigenvalue weighted by Crippen LogP contribution is -2.57. The number of aliphatic carboxylic acids is 1. The zero-order valence-corrected chi connectivity index (χ0v) is 11.3. The fourth-order valence-corrected chi connectivity index (χ4v) is 2.49. The number of carbonyl (C=O) groups is 2. The summed E-state index contributed by atoms with van der Waals surface area (Å²) in [4.78, 5) is 26.9. The van der Waals surface area contributed by atoms with Gasteiger partial charge in [0.1, 0.15) is 0 Å². The Morgan fingerprint density at radius 3 is 2.47 bits per heavy atom. The molecule has 2 fully saturated rings. The van der Waals surface area contributed by atoms with Crippen LogP contribution in [0.2, 0.25) is 0 Å². The van der Waals surface area contributed by atoms with Crippen LogP contribution in [0.4, 0.5) is 4.79 Å². The lowest BCUT2D eigenvalue weighted by molar-refractivity contribution is -0.143. The molecular formula is C12H22N4O3. The van der Waals surface area contributed by atoms with Gasteiger partial charge in [0.2, 0.25) is 0 Å². The highest BCUT2D eigenvalue weighted by molar-refractivity contribution is 5.76. The van der Waals surface area contributed by atoms with Crippen molar-refractivity contribution in [3.05, 3.63) is 0 Å². The summed E-state index contributed by atoms with van der Waals surface area (Å²) in [5.74, 6) is -1.23. The summed E-state index contributed by atoms with van der Waals surface area (Å²) >= 11 is 0. The second-order valence-corrected chi connectivity index (χ2v) is 5.33. The summed E-state index contributed by atoms with van der Waals surface area (Å²) in [6.45, 7) is 4.42. The van der Waals surface area contributed by atoms with Gasteiger partial charge in [0.05, 0.1) is 5.92 Å². The van der Waals surface area contributed by atoms with Gasteiger partial charge in [0.15, 0.2) is 0 Å². The van der Waals surface area contributed by atoms with Gasteiger partial charge >= 0.3 is 12.0 Å². The Morgan fingerprint density at radius 2 is 1.84 bits per heavy atom. The molecule has 1 unspecified atom stereocenters. The molecule has 0 aromatic carbocycles. The van der Waals surface area contributed by atoms with E-state index in [4.69, 9.17) is 5.11 Å². The molecule has 2 aliphatic heterocycles. The summed E-state index contributed by atoms with van der Waals surface area (Å²) in [7, 11) is 2.06. The molecule has 7 heteroatoms. The van der Waals surface area contributed by atoms with Gasteiger partial charge in [-0.15, -0.1) is 0 Å². The Hall–Kier alpha value is -1.34. The third-order valence-electron chi connectivity index (χ3n) is 3.81. The maximum atomic E-state index is 12.1. The van der Waals surface area contributed by atoms with Crippen molar-refractivity contribution < 1.29 is 14.7 Å². The van der Waals surface area contributed by atoms with Crippen molar-refractivity contribution in [3.63, 3.8) is 0 Å². The third-order valence-corrected chi connectivity index (χ3v) is 3.81. The van der Waals surface area contributed by atoms with Gasteiger partial charge in [-0.3, -0.25) is 10.2 Å². The first-order chi connectivity index (χ1) is 9.06. The van der Waals surface area contributed by atoms with Crippen molar-refractivity contribution in [1.29, 1.82) is 0 Å². The van der Waals surface area contributed by atoms with Crippen molar-refractivity contribution in [2.75, 3.05) is 46.3 Å². The molecule has 0 radical (unpaired) electrons. The topological polar surface area (TPSA) is 76.1 Å². The first kappa shape index (κ1) is 14.1. The minimum atomic E-state index is -0.808. The molecule has 2 amide bonds. The smallest absolute Gasteiger partial charge is 0.331 e. The number of rotatable bonds is 2. The first-order valence-electron chi connectivity index (χ1n) is 6.78. The van der Waals surface area contributed by atoms with Crippen LogP contribution in [0.3, 0.4) is 0 Å². The standard InChI is InChI=1S/C12H22N4O3/c1-14-5-7-16(8-6-14)13-12(19)15-4-2-3-10(9-15)11(17)18/h10H,2-9H2,1H3,(H,13,19)(H,17,18). The molecule has 19 heavy (non-hydrogen) atoms. The number of likely N-dealkylation sites (N-methyl/N-ethyl adjacent to an activating group) is 1. The van der Waals surface area contributed by atoms with E-state index in [1.807, 2.05) is 5.01 Å². The predicted octanol–water partition coefficient (Wildman–Crippen LogP) is -0.345. The molecule has 2 aliphatic rings. The van der Waals surface area contributed by atoms with Gasteiger partial charge in [-0.2, -0.15) is 0 Å². The highest BCUT2D eigenvalue weighted by Gasteiger charge is 2.29. The Kier molecular flexibility index (Phi) is 4.60. The van der Waals surface area contributed by atoms with Crippen LogP contribution in [-0.4, -0.2) is 78.2 Å². The lowest BCUT2D eigenvalue weighted by atomic mass is 9.99. The number of amides is 2. The molecule has 2 saturated heterocycles. The highest BCUT2D eigenvalue weighted by atomic mass is 16.4. The van der Waals surface area contributed by atoms with Crippen LogP contribution in [-0.2, 0) is 4.79 Å². The first-order valence-corrected chi connectivity index (χ1v) is 6.78. The molecule has 0 aromatic heterocycles. The summed E-state index contributed by atoms with van der Waals surface area (Å²) in [5.41, 5.74) is 2.87. The van der Waals surface area contributed by atoms with Crippen LogP contribution in [0.1, 0.15) is 12.8 Å². The van der Waals surface area contributed by atoms with Crippen molar-refractivity contribution in [3.8, 4) is 0 Å². The predicted molar refractivity (Wildman–Crippen MR) is 69.5 cm³/mol. The quantitative estimate of drug-likeness (QED) is 0.717. The third kappa shape index (κ3) is 3.81. The number of carboxylic acids is 1. The number of hydrogen-bond donors (Lipinski definition) is 2. The van der Waals surface area contributed by atoms with Gasteiger partial charge in [-0.1, -0.05) is 0 Å². The van der Waals surface area contributed by atoms with E-state index < -0.39 is 11.9 Å². The highest BCUT2D eigenvalue weighted by Crippen LogP contribution is 2.16. The van der Waals surface area contributed by atoms with Crippen molar-refractivity contribution in [1.82, 2.24) is 20.2 Å². The minimum absolute atomic E-state index is 0.171. The van der Waals surface area contributed by atoms with Crippen LogP contribution >= 0.6 is 0 Å². The van der Waals surface area contributed by atoms with Crippen LogP contribution in [0, 0.1) is 5.92 Å². The van der Waals surface area contributed by atoms with E-state index in [2.05, 4.69) is 17.4 Å². The molecule has 0 aliphatic carbocycles. The number of piperazine rings is 1. The van der Waals surface area contributed by atoms with Crippen molar-refractivity contribution in [2.24, 2.45) is 5.92 Å². The normalized spacial score (nSPS) is 26.2. The summed E-state index contributed by atoms with van der Waals surface area (Å²) in [6, 6.07) is -0.171. The number of urea groups is 1. The maximum Gasteiger partial charge on any atom is 0.331 e. The van der Waals surface area contributed by atoms with Crippen LogP contribution in [0.15, 0.2) is 0 Å². The molecule has 2 rings (SSSR count). The van der Waals surface area contributed by atoms with Gasteiger partial charge in [-0.05, 0) is 19.9 Å². The Balaban J connectivity index is 1.80. The maximum absolute atomic E-state index is 12.1. The molecule has 0 spiro atoms. The van der Waals surface area contributed by atoms with E-state index in [-0.39, 0.29) is 6.03 Å². The van der Waals surface area contributed by atoms with Gasteiger partial charge in [-0.25, -0.2) is 9.80 Å². The molecular weight excluding hydrogens is 248 g/mol. The van der Waals surface area contributed by atoms with E-state index in [1.165, 1.54) is 0 Å². The van der Waals surface area contributed by atoms with Crippen molar-refractivity contribution >= 4 is 12.0 Å². The Morgan fingerprint density at radius 1 is 1.16 bits per heavy atom. The molecule has 0 saturated carbocycles. The fraction of sp³-hybridized carbons (Fsp3) is 0.833. The second-order valence-electron chi connectivity index (χ2n) is 5.33. The number of likely N-dealkylation sites (tertiary alicyclic amines) is 1. The molecule has 2 heterocycles. The minimum Gasteiger partial charge on any atom is -0.481 e. The van der Waals surface area contributed by atoms with Crippen molar-refractivity contribution in [2.45, 2.75) is 12.8 Å². The average Bonchev–Trinajstić information content (AvgIpc) is 2.41. The summed E-state index contributed by atoms with van der Waals surface area (Å²) in [6.07, 6.45) is 1.42. The number of carbonyl (C=O) groups excluding carboxylic acids is 1. The van der Waals surface area contributed by atoms with E-state index in [1.54, 1.807) is 4.90 Å². The lowest BCUT2D eigenvalue weighted by Gasteiger charge is -2.36. The van der Waals surface area contributed by atoms with Gasteiger partial charge < -0.3 is 14.9 Å². The number of nitrogens with one attached hydrogen (secondary N) is 1. The Labute approximate surface area is 113 Å². The molecule has 2 N–H and O–H groups in total. The fourth-order valence-electron chi connectivity index (χ4n) is 2.49. The second kappa shape index (κ2) is 6.21. The van der Waals surface area contributed by atoms with E-state index in [0.29, 0.717) is 19.5 Å². The molecule has 1 atom stereocenters. The Bertz CT molecular complexity index is 342. The summed E-state index contributed by atoms with van der Waals surface area (Å²) < 4.78 is 0. The van der Waals surface area contributed by atoms with E-state index in [9.17, 15) is 9.59 Å². The van der Waals surface area contributed by atoms with E-state index in [0.717, 1.165) is 32.6 Å². The zero-order valence-electron chi connectivity index (χ0n) is 11.3. The number of piperidine rings is 1. The molecule has 7 nitrogen and oxygen atoms in total. The average molecular weight is 270 g/mol. The number of hydrazine groups is 1. The number of nitrogens with zero attached hydrogens (tertiary/aromatic N) is 3. The van der Waals surface area contributed by atoms with Crippen LogP contribution < -0.4 is 5.43 Å². The SMILES string of the molecule is CN1CCN(NC(=O)N2CCCC(C(=O)O)C2)CC1. The molecule has 0 bridgehead atoms. The molecule has 0 aromatic rings. The summed E-state index contributed by atoms with van der Waals surface area (Å²) in [5, 5.41) is 10.9. The zero-order chi connectivity index (χ0) is 13.8. The van der Waals surface area contributed by atoms with E-state index >= 15 is 0 Å². The van der Waals surface area contributed by atoms with Crippen LogP contribution in [0.5, 0.6) is 0 Å². The largest absolute Gasteiger partial charge is 0.481 e. The number of carboxylic acid groups (broad SMARTS) is 1. The number of hydrogen-bond acceptors (Lipinski definition) is 4. The molecule has 108 valence electrons. The van der Waals surface area contributed by atoms with Gasteiger partial charge in [0, 0.05) is 39.3 Å². The monoisotopic (exact) mass is 270 g/mol. The van der Waals surface area contributed by atoms with Crippen LogP contribution in [0.25, 0.3) is 0 Å².